The standard InChI is InChI=1S/C21H19N3O3/c1-15(16-7-13-20(14-8-16)24(26)27)21(25)23-19-11-9-18(10-12-19)22-17-5-3-2-4-6-17/h2-15,22H,1H3,(H,23,25). The van der Waals surface area contributed by atoms with E-state index < -0.39 is 10.8 Å². The van der Waals surface area contributed by atoms with Crippen molar-refractivity contribution in [2.75, 3.05) is 10.6 Å². The first-order valence-electron chi connectivity index (χ1n) is 8.50. The number of anilines is 3. The monoisotopic (exact) mass is 361 g/mol. The average Bonchev–Trinajstić information content (AvgIpc) is 2.69. The van der Waals surface area contributed by atoms with E-state index in [4.69, 9.17) is 0 Å². The molecule has 3 aromatic carbocycles. The van der Waals surface area contributed by atoms with Gasteiger partial charge in [0.15, 0.2) is 0 Å². The Hall–Kier alpha value is -3.67. The number of benzene rings is 3. The maximum absolute atomic E-state index is 12.4. The molecule has 1 amide bonds. The zero-order chi connectivity index (χ0) is 19.2. The molecule has 0 heterocycles. The summed E-state index contributed by atoms with van der Waals surface area (Å²) in [7, 11) is 0. The molecular formula is C21H19N3O3. The molecule has 0 fully saturated rings. The average molecular weight is 361 g/mol. The van der Waals surface area contributed by atoms with Crippen molar-refractivity contribution in [1.82, 2.24) is 0 Å². The number of para-hydroxylation sites is 1. The van der Waals surface area contributed by atoms with Crippen molar-refractivity contribution in [2.45, 2.75) is 12.8 Å². The van der Waals surface area contributed by atoms with Crippen molar-refractivity contribution in [1.29, 1.82) is 0 Å². The van der Waals surface area contributed by atoms with Gasteiger partial charge in [0.05, 0.1) is 10.8 Å². The van der Waals surface area contributed by atoms with Crippen LogP contribution in [-0.2, 0) is 4.79 Å². The molecule has 0 bridgehead atoms. The molecule has 0 radical (unpaired) electrons. The van der Waals surface area contributed by atoms with Gasteiger partial charge in [-0.25, -0.2) is 0 Å². The highest BCUT2D eigenvalue weighted by atomic mass is 16.6. The van der Waals surface area contributed by atoms with E-state index in [1.807, 2.05) is 54.6 Å². The van der Waals surface area contributed by atoms with Gasteiger partial charge in [0, 0.05) is 29.2 Å². The highest BCUT2D eigenvalue weighted by Gasteiger charge is 2.16. The highest BCUT2D eigenvalue weighted by molar-refractivity contribution is 5.95. The second-order valence-corrected chi connectivity index (χ2v) is 6.13. The van der Waals surface area contributed by atoms with E-state index in [-0.39, 0.29) is 11.6 Å². The molecule has 0 saturated heterocycles. The van der Waals surface area contributed by atoms with Crippen LogP contribution < -0.4 is 10.6 Å². The number of nitro benzene ring substituents is 1. The lowest BCUT2D eigenvalue weighted by atomic mass is 10.00. The molecule has 3 rings (SSSR count). The van der Waals surface area contributed by atoms with Crippen molar-refractivity contribution in [2.24, 2.45) is 0 Å². The number of nitrogens with one attached hydrogen (secondary N) is 2. The Bertz CT molecular complexity index is 923. The fourth-order valence-corrected chi connectivity index (χ4v) is 2.61. The molecule has 0 aliphatic heterocycles. The predicted molar refractivity (Wildman–Crippen MR) is 106 cm³/mol. The molecule has 6 nitrogen and oxygen atoms in total. The zero-order valence-corrected chi connectivity index (χ0v) is 14.8. The third-order valence-electron chi connectivity index (χ3n) is 4.21. The number of nitro groups is 1. The van der Waals surface area contributed by atoms with Crippen molar-refractivity contribution in [3.05, 3.63) is 94.5 Å². The van der Waals surface area contributed by atoms with E-state index in [2.05, 4.69) is 10.6 Å². The molecule has 0 aliphatic rings. The zero-order valence-electron chi connectivity index (χ0n) is 14.8. The number of non-ortho nitro benzene ring substituents is 1. The minimum Gasteiger partial charge on any atom is -0.356 e. The predicted octanol–water partition coefficient (Wildman–Crippen LogP) is 5.08. The summed E-state index contributed by atoms with van der Waals surface area (Å²) in [5, 5.41) is 16.9. The maximum atomic E-state index is 12.4. The first-order valence-corrected chi connectivity index (χ1v) is 8.50. The van der Waals surface area contributed by atoms with Gasteiger partial charge in [-0.3, -0.25) is 14.9 Å². The fourth-order valence-electron chi connectivity index (χ4n) is 2.61. The molecule has 0 spiro atoms. The van der Waals surface area contributed by atoms with Crippen LogP contribution in [0.4, 0.5) is 22.7 Å². The molecular weight excluding hydrogens is 342 g/mol. The van der Waals surface area contributed by atoms with Gasteiger partial charge in [-0.05, 0) is 48.9 Å². The van der Waals surface area contributed by atoms with E-state index in [1.54, 1.807) is 19.1 Å². The summed E-state index contributed by atoms with van der Waals surface area (Å²) in [6, 6.07) is 23.3. The Morgan fingerprint density at radius 3 is 2.00 bits per heavy atom. The van der Waals surface area contributed by atoms with Crippen LogP contribution in [0.1, 0.15) is 18.4 Å². The lowest BCUT2D eigenvalue weighted by Gasteiger charge is -2.13. The van der Waals surface area contributed by atoms with Crippen LogP contribution >= 0.6 is 0 Å². The fraction of sp³-hybridized carbons (Fsp3) is 0.0952. The molecule has 136 valence electrons. The van der Waals surface area contributed by atoms with E-state index in [9.17, 15) is 14.9 Å². The second-order valence-electron chi connectivity index (χ2n) is 6.13. The van der Waals surface area contributed by atoms with Crippen LogP contribution in [0.15, 0.2) is 78.9 Å². The summed E-state index contributed by atoms with van der Waals surface area (Å²) in [6.07, 6.45) is 0. The van der Waals surface area contributed by atoms with Gasteiger partial charge in [0.2, 0.25) is 5.91 Å². The normalized spacial score (nSPS) is 11.4. The Labute approximate surface area is 157 Å². The van der Waals surface area contributed by atoms with Gasteiger partial charge in [0.25, 0.3) is 5.69 Å². The SMILES string of the molecule is CC(C(=O)Nc1ccc(Nc2ccccc2)cc1)c1ccc([N+](=O)[O-])cc1. The van der Waals surface area contributed by atoms with Crippen LogP contribution in [0, 0.1) is 10.1 Å². The summed E-state index contributed by atoms with van der Waals surface area (Å²) in [5.41, 5.74) is 3.32. The third kappa shape index (κ3) is 4.70. The van der Waals surface area contributed by atoms with Gasteiger partial charge in [-0.15, -0.1) is 0 Å². The van der Waals surface area contributed by atoms with Crippen molar-refractivity contribution >= 4 is 28.7 Å². The van der Waals surface area contributed by atoms with Gasteiger partial charge in [-0.2, -0.15) is 0 Å². The van der Waals surface area contributed by atoms with Gasteiger partial charge in [0.1, 0.15) is 0 Å². The van der Waals surface area contributed by atoms with E-state index in [0.29, 0.717) is 5.69 Å². The van der Waals surface area contributed by atoms with Crippen LogP contribution in [0.2, 0.25) is 0 Å². The number of carbonyl (C=O) groups is 1. The van der Waals surface area contributed by atoms with Crippen molar-refractivity contribution in [3.63, 3.8) is 0 Å². The summed E-state index contributed by atoms with van der Waals surface area (Å²) < 4.78 is 0. The summed E-state index contributed by atoms with van der Waals surface area (Å²) >= 11 is 0. The Kier molecular flexibility index (Phi) is 5.47. The molecule has 27 heavy (non-hydrogen) atoms. The van der Waals surface area contributed by atoms with Crippen molar-refractivity contribution < 1.29 is 9.72 Å². The van der Waals surface area contributed by atoms with E-state index >= 15 is 0 Å². The number of amides is 1. The molecule has 2 N–H and O–H groups in total. The second kappa shape index (κ2) is 8.14. The van der Waals surface area contributed by atoms with E-state index in [0.717, 1.165) is 16.9 Å². The minimum atomic E-state index is -0.459. The summed E-state index contributed by atoms with van der Waals surface area (Å²) in [6.45, 7) is 1.77. The Morgan fingerprint density at radius 1 is 0.852 bits per heavy atom. The number of hydrogen-bond acceptors (Lipinski definition) is 4. The number of nitrogens with zero attached hydrogens (tertiary/aromatic N) is 1. The molecule has 0 aliphatic carbocycles. The van der Waals surface area contributed by atoms with E-state index in [1.165, 1.54) is 12.1 Å². The van der Waals surface area contributed by atoms with Crippen LogP contribution in [0.3, 0.4) is 0 Å². The largest absolute Gasteiger partial charge is 0.356 e. The van der Waals surface area contributed by atoms with Crippen molar-refractivity contribution in [3.8, 4) is 0 Å². The first-order chi connectivity index (χ1) is 13.0. The Morgan fingerprint density at radius 2 is 1.41 bits per heavy atom. The number of rotatable bonds is 6. The summed E-state index contributed by atoms with van der Waals surface area (Å²) in [5.74, 6) is -0.597. The van der Waals surface area contributed by atoms with Gasteiger partial charge < -0.3 is 10.6 Å². The molecule has 6 heteroatoms. The van der Waals surface area contributed by atoms with Crippen LogP contribution in [-0.4, -0.2) is 10.8 Å². The quantitative estimate of drug-likeness (QED) is 0.474. The number of carbonyl (C=O) groups excluding carboxylic acids is 1. The van der Waals surface area contributed by atoms with Gasteiger partial charge >= 0.3 is 0 Å². The molecule has 1 atom stereocenters. The first kappa shape index (κ1) is 18.1. The molecule has 0 saturated carbocycles. The maximum Gasteiger partial charge on any atom is 0.269 e. The van der Waals surface area contributed by atoms with Crippen LogP contribution in [0.25, 0.3) is 0 Å². The third-order valence-corrected chi connectivity index (χ3v) is 4.21. The summed E-state index contributed by atoms with van der Waals surface area (Å²) in [4.78, 5) is 22.7. The topological polar surface area (TPSA) is 84.3 Å². The number of hydrogen-bond donors (Lipinski definition) is 2. The highest BCUT2D eigenvalue weighted by Crippen LogP contribution is 2.22. The van der Waals surface area contributed by atoms with Crippen LogP contribution in [0.5, 0.6) is 0 Å². The van der Waals surface area contributed by atoms with Gasteiger partial charge in [-0.1, -0.05) is 30.3 Å². The lowest BCUT2D eigenvalue weighted by Crippen LogP contribution is -2.18. The minimum absolute atomic E-state index is 0.00728. The Balaban J connectivity index is 1.62. The smallest absolute Gasteiger partial charge is 0.269 e. The molecule has 1 unspecified atom stereocenters. The lowest BCUT2D eigenvalue weighted by molar-refractivity contribution is -0.384. The molecule has 0 aromatic heterocycles. The molecule has 3 aromatic rings.